The molecular weight excluding hydrogens is 412 g/mol. The number of amides is 1. The molecule has 0 radical (unpaired) electrons. The highest BCUT2D eigenvalue weighted by Gasteiger charge is 2.44. The summed E-state index contributed by atoms with van der Waals surface area (Å²) < 4.78 is 7.31. The molecule has 4 aromatic rings. The number of hydrogen-bond donors (Lipinski definition) is 1. The van der Waals surface area contributed by atoms with E-state index >= 15 is 0 Å². The molecule has 0 fully saturated rings. The lowest BCUT2D eigenvalue weighted by atomic mass is 10.00. The summed E-state index contributed by atoms with van der Waals surface area (Å²) in [6.07, 6.45) is 4.07. The van der Waals surface area contributed by atoms with E-state index in [9.17, 15) is 14.7 Å². The van der Waals surface area contributed by atoms with Gasteiger partial charge in [-0.3, -0.25) is 9.59 Å². The molecule has 4 heterocycles. The highest BCUT2D eigenvalue weighted by Crippen LogP contribution is 2.41. The van der Waals surface area contributed by atoms with Crippen molar-refractivity contribution in [2.24, 2.45) is 7.05 Å². The summed E-state index contributed by atoms with van der Waals surface area (Å²) in [6, 6.07) is 14.4. The number of furan rings is 1. The average molecular weight is 433 g/mol. The van der Waals surface area contributed by atoms with E-state index in [1.54, 1.807) is 11.0 Å². The molecule has 5 rings (SSSR count). The Bertz CT molecular complexity index is 1300. The maximum absolute atomic E-state index is 13.1. The third-order valence-electron chi connectivity index (χ3n) is 5.71. The fourth-order valence-electron chi connectivity index (χ4n) is 4.27. The van der Waals surface area contributed by atoms with Crippen LogP contribution in [-0.2, 0) is 18.3 Å². The van der Waals surface area contributed by atoms with Gasteiger partial charge in [0, 0.05) is 35.6 Å². The number of carbonyl (C=O) groups excluding carboxylic acids is 2. The third kappa shape index (κ3) is 3.18. The lowest BCUT2D eigenvalue weighted by Crippen LogP contribution is -2.32. The molecule has 0 aliphatic carbocycles. The second-order valence-electron chi connectivity index (χ2n) is 7.52. The van der Waals surface area contributed by atoms with Crippen LogP contribution in [0.15, 0.2) is 82.1 Å². The molecule has 1 aliphatic heterocycles. The number of aliphatic hydroxyl groups is 1. The highest BCUT2D eigenvalue weighted by atomic mass is 32.1. The number of fused-ring (bicyclic) bond motifs is 1. The fraction of sp³-hybridized carbons (Fsp3) is 0.167. The molecule has 31 heavy (non-hydrogen) atoms. The largest absolute Gasteiger partial charge is 0.503 e. The summed E-state index contributed by atoms with van der Waals surface area (Å²) in [5.74, 6) is -1.40. The van der Waals surface area contributed by atoms with Crippen LogP contribution in [-0.4, -0.2) is 32.8 Å². The van der Waals surface area contributed by atoms with Crippen molar-refractivity contribution in [3.05, 3.63) is 93.9 Å². The number of para-hydroxylation sites is 1. The van der Waals surface area contributed by atoms with Gasteiger partial charge in [0.15, 0.2) is 11.5 Å². The number of rotatable bonds is 6. The third-order valence-corrected chi connectivity index (χ3v) is 6.63. The Kier molecular flexibility index (Phi) is 4.75. The van der Waals surface area contributed by atoms with Crippen LogP contribution in [0, 0.1) is 0 Å². The molecule has 0 saturated heterocycles. The summed E-state index contributed by atoms with van der Waals surface area (Å²) in [5.41, 5.74) is 2.30. The van der Waals surface area contributed by atoms with Crippen molar-refractivity contribution < 1.29 is 19.1 Å². The first kappa shape index (κ1) is 19.4. The molecule has 0 spiro atoms. The predicted octanol–water partition coefficient (Wildman–Crippen LogP) is 4.65. The Hall–Kier alpha value is -3.58. The molecule has 1 aliphatic rings. The van der Waals surface area contributed by atoms with Gasteiger partial charge in [0.25, 0.3) is 5.91 Å². The van der Waals surface area contributed by atoms with Gasteiger partial charge in [-0.2, -0.15) is 0 Å². The number of aryl methyl sites for hydroxylation is 1. The predicted molar refractivity (Wildman–Crippen MR) is 118 cm³/mol. The van der Waals surface area contributed by atoms with E-state index in [4.69, 9.17) is 4.42 Å². The van der Waals surface area contributed by atoms with Gasteiger partial charge >= 0.3 is 0 Å². The molecule has 3 aromatic heterocycles. The quantitative estimate of drug-likeness (QED) is 0.450. The standard InChI is InChI=1S/C24H20N2O4S/c1-25-14-15(16-6-2-3-7-17(16)25)10-11-26-21(19-9-5-13-31-19)20(23(28)24(26)29)22(27)18-8-4-12-30-18/h2-9,12-14,21,28H,10-11H2,1H3. The van der Waals surface area contributed by atoms with Gasteiger partial charge < -0.3 is 19.0 Å². The minimum Gasteiger partial charge on any atom is -0.503 e. The van der Waals surface area contributed by atoms with Crippen molar-refractivity contribution in [1.29, 1.82) is 0 Å². The van der Waals surface area contributed by atoms with Crippen molar-refractivity contribution in [2.45, 2.75) is 12.5 Å². The van der Waals surface area contributed by atoms with Crippen LogP contribution >= 0.6 is 11.3 Å². The van der Waals surface area contributed by atoms with Gasteiger partial charge in [-0.05, 0) is 41.6 Å². The molecule has 0 bridgehead atoms. The van der Waals surface area contributed by atoms with Crippen LogP contribution < -0.4 is 0 Å². The topological polar surface area (TPSA) is 75.7 Å². The average Bonchev–Trinajstić information content (AvgIpc) is 3.56. The van der Waals surface area contributed by atoms with E-state index in [-0.39, 0.29) is 11.3 Å². The monoisotopic (exact) mass is 432 g/mol. The number of nitrogens with zero attached hydrogens (tertiary/aromatic N) is 2. The fourth-order valence-corrected chi connectivity index (χ4v) is 5.11. The van der Waals surface area contributed by atoms with Gasteiger partial charge in [-0.25, -0.2) is 0 Å². The zero-order valence-corrected chi connectivity index (χ0v) is 17.6. The number of hydrogen-bond acceptors (Lipinski definition) is 5. The number of ketones is 1. The zero-order chi connectivity index (χ0) is 21.5. The van der Waals surface area contributed by atoms with Gasteiger partial charge in [0.05, 0.1) is 17.9 Å². The van der Waals surface area contributed by atoms with Crippen LogP contribution in [0.5, 0.6) is 0 Å². The Morgan fingerprint density at radius 2 is 2.00 bits per heavy atom. The van der Waals surface area contributed by atoms with E-state index < -0.39 is 23.5 Å². The molecule has 6 nitrogen and oxygen atoms in total. The molecular formula is C24H20N2O4S. The van der Waals surface area contributed by atoms with Crippen LogP contribution in [0.25, 0.3) is 10.9 Å². The molecule has 156 valence electrons. The minimum atomic E-state index is -0.639. The first-order valence-electron chi connectivity index (χ1n) is 9.95. The Balaban J connectivity index is 1.49. The second-order valence-corrected chi connectivity index (χ2v) is 8.50. The smallest absolute Gasteiger partial charge is 0.290 e. The number of aromatic nitrogens is 1. The molecule has 1 atom stereocenters. The zero-order valence-electron chi connectivity index (χ0n) is 16.8. The van der Waals surface area contributed by atoms with Gasteiger partial charge in [-0.15, -0.1) is 11.3 Å². The molecule has 1 amide bonds. The maximum Gasteiger partial charge on any atom is 0.290 e. The van der Waals surface area contributed by atoms with Crippen LogP contribution in [0.4, 0.5) is 0 Å². The minimum absolute atomic E-state index is 0.0697. The summed E-state index contributed by atoms with van der Waals surface area (Å²) in [5, 5.41) is 13.7. The van der Waals surface area contributed by atoms with Crippen LogP contribution in [0.2, 0.25) is 0 Å². The van der Waals surface area contributed by atoms with Crippen molar-refractivity contribution in [1.82, 2.24) is 9.47 Å². The summed E-state index contributed by atoms with van der Waals surface area (Å²) in [4.78, 5) is 28.5. The van der Waals surface area contributed by atoms with E-state index in [1.165, 1.54) is 23.7 Å². The number of Topliss-reactive ketones (excluding diaryl/α,β-unsaturated/α-hetero) is 1. The van der Waals surface area contributed by atoms with Gasteiger partial charge in [0.1, 0.15) is 0 Å². The number of aliphatic hydroxyl groups excluding tert-OH is 1. The SMILES string of the molecule is Cn1cc(CCN2C(=O)C(O)=C(C(=O)c3ccco3)C2c2cccs2)c2ccccc21. The molecule has 1 unspecified atom stereocenters. The van der Waals surface area contributed by atoms with Crippen molar-refractivity contribution in [3.63, 3.8) is 0 Å². The molecule has 1 N–H and O–H groups in total. The van der Waals surface area contributed by atoms with Crippen LogP contribution in [0.1, 0.15) is 27.0 Å². The van der Waals surface area contributed by atoms with E-state index in [1.807, 2.05) is 36.7 Å². The molecule has 1 aromatic carbocycles. The first-order chi connectivity index (χ1) is 15.1. The van der Waals surface area contributed by atoms with Crippen molar-refractivity contribution in [2.75, 3.05) is 6.54 Å². The Labute approximate surface area is 182 Å². The number of benzene rings is 1. The lowest BCUT2D eigenvalue weighted by molar-refractivity contribution is -0.129. The Morgan fingerprint density at radius 3 is 2.74 bits per heavy atom. The van der Waals surface area contributed by atoms with Gasteiger partial charge in [0.2, 0.25) is 5.78 Å². The highest BCUT2D eigenvalue weighted by molar-refractivity contribution is 7.10. The van der Waals surface area contributed by atoms with Crippen molar-refractivity contribution >= 4 is 33.9 Å². The number of carbonyl (C=O) groups is 2. The van der Waals surface area contributed by atoms with E-state index in [0.717, 1.165) is 21.3 Å². The van der Waals surface area contributed by atoms with Gasteiger partial charge in [-0.1, -0.05) is 24.3 Å². The first-order valence-corrected chi connectivity index (χ1v) is 10.8. The molecule has 7 heteroatoms. The van der Waals surface area contributed by atoms with E-state index in [2.05, 4.69) is 22.9 Å². The lowest BCUT2D eigenvalue weighted by Gasteiger charge is -2.25. The summed E-state index contributed by atoms with van der Waals surface area (Å²) in [6.45, 7) is 0.369. The maximum atomic E-state index is 13.1. The van der Waals surface area contributed by atoms with Crippen LogP contribution in [0.3, 0.4) is 0 Å². The normalized spacial score (nSPS) is 16.6. The van der Waals surface area contributed by atoms with Crippen molar-refractivity contribution in [3.8, 4) is 0 Å². The second kappa shape index (κ2) is 7.59. The molecule has 0 saturated carbocycles. The van der Waals surface area contributed by atoms with E-state index in [0.29, 0.717) is 13.0 Å². The summed E-state index contributed by atoms with van der Waals surface area (Å²) in [7, 11) is 1.99. The Morgan fingerprint density at radius 1 is 1.16 bits per heavy atom. The number of thiophene rings is 1. The summed E-state index contributed by atoms with van der Waals surface area (Å²) >= 11 is 1.45.